The first kappa shape index (κ1) is 16.4. The Kier molecular flexibility index (Phi) is 5.74. The molecule has 1 saturated carbocycles. The van der Waals surface area contributed by atoms with E-state index in [1.165, 1.54) is 24.6 Å². The molecule has 3 heteroatoms. The lowest BCUT2D eigenvalue weighted by Crippen LogP contribution is -2.33. The van der Waals surface area contributed by atoms with E-state index in [4.69, 9.17) is 0 Å². The van der Waals surface area contributed by atoms with Crippen molar-refractivity contribution >= 4 is 0 Å². The average molecular weight is 295 g/mol. The minimum absolute atomic E-state index is 0.126. The van der Waals surface area contributed by atoms with Crippen molar-refractivity contribution in [2.45, 2.75) is 46.0 Å². The lowest BCUT2D eigenvalue weighted by atomic mass is 9.68. The number of hydrogen-bond donors (Lipinski definition) is 1. The van der Waals surface area contributed by atoms with Crippen molar-refractivity contribution in [1.29, 1.82) is 0 Å². The van der Waals surface area contributed by atoms with Crippen LogP contribution in [0.1, 0.15) is 51.5 Å². The highest BCUT2D eigenvalue weighted by Gasteiger charge is 2.34. The molecular weight excluding hydrogens is 268 g/mol. The zero-order valence-electron chi connectivity index (χ0n) is 13.3. The maximum Gasteiger partial charge on any atom is 0.126 e. The molecule has 0 radical (unpaired) electrons. The zero-order chi connectivity index (χ0) is 15.4. The summed E-state index contributed by atoms with van der Waals surface area (Å²) in [6.07, 6.45) is 3.26. The first-order valence-corrected chi connectivity index (χ1v) is 8.18. The lowest BCUT2D eigenvalue weighted by Gasteiger charge is -2.38. The fraction of sp³-hybridized carbons (Fsp3) is 0.667. The van der Waals surface area contributed by atoms with Crippen LogP contribution in [0, 0.1) is 29.4 Å². The Morgan fingerprint density at radius 1 is 1.24 bits per heavy atom. The predicted octanol–water partition coefficient (Wildman–Crippen LogP) is 4.73. The first-order valence-electron chi connectivity index (χ1n) is 8.18. The largest absolute Gasteiger partial charge is 0.317 e. The molecule has 0 aliphatic heterocycles. The van der Waals surface area contributed by atoms with E-state index >= 15 is 0 Å². The first-order chi connectivity index (χ1) is 10.0. The van der Waals surface area contributed by atoms with Crippen molar-refractivity contribution in [3.8, 4) is 0 Å². The van der Waals surface area contributed by atoms with Crippen LogP contribution in [0.2, 0.25) is 0 Å². The van der Waals surface area contributed by atoms with Gasteiger partial charge in [0.25, 0.3) is 0 Å². The van der Waals surface area contributed by atoms with Crippen molar-refractivity contribution in [2.24, 2.45) is 17.8 Å². The fourth-order valence-corrected chi connectivity index (χ4v) is 3.63. The smallest absolute Gasteiger partial charge is 0.126 e. The van der Waals surface area contributed by atoms with Gasteiger partial charge in [0.1, 0.15) is 11.6 Å². The SMILES string of the molecule is CCNCC1CCC(C(C)C)CC1c1cc(F)ccc1F. The predicted molar refractivity (Wildman–Crippen MR) is 83.3 cm³/mol. The number of hydrogen-bond acceptors (Lipinski definition) is 1. The molecule has 21 heavy (non-hydrogen) atoms. The molecule has 0 bridgehead atoms. The van der Waals surface area contributed by atoms with Gasteiger partial charge >= 0.3 is 0 Å². The molecule has 3 atom stereocenters. The molecule has 0 heterocycles. The van der Waals surface area contributed by atoms with Gasteiger partial charge in [0.05, 0.1) is 0 Å². The highest BCUT2D eigenvalue weighted by Crippen LogP contribution is 2.43. The van der Waals surface area contributed by atoms with Gasteiger partial charge in [-0.25, -0.2) is 8.78 Å². The number of benzene rings is 1. The van der Waals surface area contributed by atoms with Gasteiger partial charge in [-0.15, -0.1) is 0 Å². The Morgan fingerprint density at radius 3 is 2.67 bits per heavy atom. The lowest BCUT2D eigenvalue weighted by molar-refractivity contribution is 0.188. The Hall–Kier alpha value is -0.960. The van der Waals surface area contributed by atoms with E-state index in [1.54, 1.807) is 0 Å². The van der Waals surface area contributed by atoms with E-state index in [1.807, 2.05) is 0 Å². The topological polar surface area (TPSA) is 12.0 Å². The molecule has 1 fully saturated rings. The van der Waals surface area contributed by atoms with Gasteiger partial charge in [-0.05, 0) is 79.8 Å². The van der Waals surface area contributed by atoms with Crippen LogP contribution in [-0.2, 0) is 0 Å². The summed E-state index contributed by atoms with van der Waals surface area (Å²) in [5, 5.41) is 3.38. The van der Waals surface area contributed by atoms with E-state index in [9.17, 15) is 8.78 Å². The van der Waals surface area contributed by atoms with Gasteiger partial charge in [-0.2, -0.15) is 0 Å². The summed E-state index contributed by atoms with van der Waals surface area (Å²) in [5.74, 6) is 1.14. The minimum Gasteiger partial charge on any atom is -0.317 e. The standard InChI is InChI=1S/C18H27F2N/c1-4-21-11-14-6-5-13(12(2)3)9-16(14)17-10-15(19)7-8-18(17)20/h7-8,10,12-14,16,21H,4-6,9,11H2,1-3H3. The summed E-state index contributed by atoms with van der Waals surface area (Å²) in [6, 6.07) is 3.89. The maximum atomic E-state index is 14.2. The number of halogens is 2. The van der Waals surface area contributed by atoms with E-state index < -0.39 is 0 Å². The van der Waals surface area contributed by atoms with Crippen LogP contribution < -0.4 is 5.32 Å². The molecule has 118 valence electrons. The van der Waals surface area contributed by atoms with Gasteiger partial charge in [-0.1, -0.05) is 20.8 Å². The van der Waals surface area contributed by atoms with Crippen molar-refractivity contribution in [2.75, 3.05) is 13.1 Å². The van der Waals surface area contributed by atoms with E-state index in [0.717, 1.165) is 25.9 Å². The molecule has 0 aromatic heterocycles. The summed E-state index contributed by atoms with van der Waals surface area (Å²) in [7, 11) is 0. The summed E-state index contributed by atoms with van der Waals surface area (Å²) >= 11 is 0. The van der Waals surface area contributed by atoms with E-state index in [2.05, 4.69) is 26.1 Å². The van der Waals surface area contributed by atoms with Crippen LogP contribution in [0.5, 0.6) is 0 Å². The Balaban J connectivity index is 2.25. The molecule has 1 aliphatic carbocycles. The molecule has 0 saturated heterocycles. The van der Waals surface area contributed by atoms with Crippen LogP contribution in [0.3, 0.4) is 0 Å². The van der Waals surface area contributed by atoms with Crippen molar-refractivity contribution in [1.82, 2.24) is 5.32 Å². The van der Waals surface area contributed by atoms with E-state index in [-0.39, 0.29) is 17.6 Å². The summed E-state index contributed by atoms with van der Waals surface area (Å²) in [5.41, 5.74) is 0.572. The maximum absolute atomic E-state index is 14.2. The van der Waals surface area contributed by atoms with Crippen LogP contribution in [0.15, 0.2) is 18.2 Å². The Labute approximate surface area is 127 Å². The van der Waals surface area contributed by atoms with Gasteiger partial charge in [-0.3, -0.25) is 0 Å². The third-order valence-corrected chi connectivity index (χ3v) is 4.99. The Bertz CT molecular complexity index is 459. The van der Waals surface area contributed by atoms with Crippen molar-refractivity contribution in [3.63, 3.8) is 0 Å². The molecule has 0 spiro atoms. The van der Waals surface area contributed by atoms with Crippen LogP contribution >= 0.6 is 0 Å². The third-order valence-electron chi connectivity index (χ3n) is 4.99. The Morgan fingerprint density at radius 2 is 2.00 bits per heavy atom. The molecule has 1 aliphatic rings. The van der Waals surface area contributed by atoms with Crippen LogP contribution in [-0.4, -0.2) is 13.1 Å². The fourth-order valence-electron chi connectivity index (χ4n) is 3.63. The van der Waals surface area contributed by atoms with Gasteiger partial charge in [0.2, 0.25) is 0 Å². The minimum atomic E-state index is -0.333. The molecular formula is C18H27F2N. The summed E-state index contributed by atoms with van der Waals surface area (Å²) < 4.78 is 27.7. The van der Waals surface area contributed by atoms with Crippen molar-refractivity contribution < 1.29 is 8.78 Å². The third kappa shape index (κ3) is 4.03. The summed E-state index contributed by atoms with van der Waals surface area (Å²) in [6.45, 7) is 8.35. The van der Waals surface area contributed by atoms with E-state index in [0.29, 0.717) is 23.3 Å². The highest BCUT2D eigenvalue weighted by molar-refractivity contribution is 5.24. The second-order valence-electron chi connectivity index (χ2n) is 6.66. The second-order valence-corrected chi connectivity index (χ2v) is 6.66. The van der Waals surface area contributed by atoms with Gasteiger partial charge in [0.15, 0.2) is 0 Å². The van der Waals surface area contributed by atoms with Gasteiger partial charge in [0, 0.05) is 0 Å². The average Bonchev–Trinajstić information content (AvgIpc) is 2.47. The zero-order valence-corrected chi connectivity index (χ0v) is 13.3. The highest BCUT2D eigenvalue weighted by atomic mass is 19.1. The molecule has 1 nitrogen and oxygen atoms in total. The molecule has 1 N–H and O–H groups in total. The second kappa shape index (κ2) is 7.35. The summed E-state index contributed by atoms with van der Waals surface area (Å²) in [4.78, 5) is 0. The normalized spacial score (nSPS) is 26.3. The van der Waals surface area contributed by atoms with Crippen LogP contribution in [0.4, 0.5) is 8.78 Å². The number of rotatable bonds is 5. The van der Waals surface area contributed by atoms with Gasteiger partial charge < -0.3 is 5.32 Å². The quantitative estimate of drug-likeness (QED) is 0.828. The molecule has 2 rings (SSSR count). The molecule has 1 aromatic rings. The monoisotopic (exact) mass is 295 g/mol. The molecule has 0 amide bonds. The molecule has 3 unspecified atom stereocenters. The van der Waals surface area contributed by atoms with Crippen LogP contribution in [0.25, 0.3) is 0 Å². The van der Waals surface area contributed by atoms with Crippen molar-refractivity contribution in [3.05, 3.63) is 35.4 Å². The molecule has 1 aromatic carbocycles. The number of nitrogens with one attached hydrogen (secondary N) is 1.